The van der Waals surface area contributed by atoms with Gasteiger partial charge in [-0.15, -0.1) is 12.4 Å². The van der Waals surface area contributed by atoms with Crippen molar-refractivity contribution in [3.8, 4) is 0 Å². The Morgan fingerprint density at radius 1 is 1.31 bits per heavy atom. The highest BCUT2D eigenvalue weighted by Crippen LogP contribution is 2.34. The van der Waals surface area contributed by atoms with Crippen LogP contribution in [0.3, 0.4) is 0 Å². The number of amides is 1. The first-order valence-electron chi connectivity index (χ1n) is 6.02. The molecule has 2 N–H and O–H groups in total. The van der Waals surface area contributed by atoms with Crippen LogP contribution in [0.25, 0.3) is 0 Å². The Hall–Kier alpha value is -0.320. The van der Waals surface area contributed by atoms with Crippen molar-refractivity contribution in [3.63, 3.8) is 0 Å². The average Bonchev–Trinajstić information content (AvgIpc) is 2.95. The van der Waals surface area contributed by atoms with Crippen LogP contribution >= 0.6 is 12.4 Å². The Balaban J connectivity index is 0.000000963. The van der Waals surface area contributed by atoms with Gasteiger partial charge in [0, 0.05) is 0 Å². The number of carbonyl (C=O) groups excluding carboxylic acids is 1. The van der Waals surface area contributed by atoms with E-state index in [0.717, 1.165) is 32.2 Å². The highest BCUT2D eigenvalue weighted by Gasteiger charge is 2.42. The molecule has 0 aromatic rings. The first-order valence-corrected chi connectivity index (χ1v) is 6.02. The van der Waals surface area contributed by atoms with Crippen LogP contribution in [-0.2, 0) is 9.53 Å². The Morgan fingerprint density at radius 3 is 2.75 bits per heavy atom. The molecular formula is C11H19ClN2O2. The van der Waals surface area contributed by atoms with Crippen molar-refractivity contribution in [1.29, 1.82) is 0 Å². The van der Waals surface area contributed by atoms with E-state index in [1.54, 1.807) is 0 Å². The van der Waals surface area contributed by atoms with Gasteiger partial charge in [-0.25, -0.2) is 0 Å². The van der Waals surface area contributed by atoms with E-state index in [-0.39, 0.29) is 30.4 Å². The standard InChI is InChI=1S/C11H18N2O2.ClH/c14-11(8-2-1-5-12-8)13-9-6-7-3-4-10(9)15-7;/h7-10,12H,1-6H2,(H,13,14);1H. The molecule has 92 valence electrons. The van der Waals surface area contributed by atoms with Gasteiger partial charge < -0.3 is 15.4 Å². The van der Waals surface area contributed by atoms with Gasteiger partial charge in [0.1, 0.15) is 0 Å². The van der Waals surface area contributed by atoms with Crippen molar-refractivity contribution in [2.75, 3.05) is 6.54 Å². The van der Waals surface area contributed by atoms with E-state index in [1.807, 2.05) is 0 Å². The summed E-state index contributed by atoms with van der Waals surface area (Å²) in [4.78, 5) is 11.8. The second-order valence-electron chi connectivity index (χ2n) is 4.87. The lowest BCUT2D eigenvalue weighted by Crippen LogP contribution is -2.48. The molecule has 4 unspecified atom stereocenters. The maximum absolute atomic E-state index is 11.8. The van der Waals surface area contributed by atoms with Crippen LogP contribution in [0.1, 0.15) is 32.1 Å². The van der Waals surface area contributed by atoms with Gasteiger partial charge in [-0.2, -0.15) is 0 Å². The maximum atomic E-state index is 11.8. The third kappa shape index (κ3) is 2.19. The molecule has 5 heteroatoms. The van der Waals surface area contributed by atoms with Crippen molar-refractivity contribution in [3.05, 3.63) is 0 Å². The van der Waals surface area contributed by atoms with E-state index in [1.165, 1.54) is 6.42 Å². The summed E-state index contributed by atoms with van der Waals surface area (Å²) in [6, 6.07) is 0.322. The molecule has 2 bridgehead atoms. The van der Waals surface area contributed by atoms with Gasteiger partial charge in [-0.3, -0.25) is 4.79 Å². The molecule has 3 fully saturated rings. The zero-order valence-electron chi connectivity index (χ0n) is 9.28. The zero-order valence-corrected chi connectivity index (χ0v) is 10.1. The maximum Gasteiger partial charge on any atom is 0.237 e. The molecule has 0 aromatic carbocycles. The van der Waals surface area contributed by atoms with Crippen molar-refractivity contribution in [1.82, 2.24) is 10.6 Å². The van der Waals surface area contributed by atoms with E-state index in [2.05, 4.69) is 10.6 Å². The summed E-state index contributed by atoms with van der Waals surface area (Å²) >= 11 is 0. The van der Waals surface area contributed by atoms with Crippen LogP contribution in [0, 0.1) is 0 Å². The topological polar surface area (TPSA) is 50.4 Å². The molecule has 3 rings (SSSR count). The monoisotopic (exact) mass is 246 g/mol. The van der Waals surface area contributed by atoms with E-state index in [0.29, 0.717) is 12.2 Å². The lowest BCUT2D eigenvalue weighted by Gasteiger charge is -2.22. The lowest BCUT2D eigenvalue weighted by molar-refractivity contribution is -0.123. The molecule has 0 aliphatic carbocycles. The normalized spacial score (nSPS) is 40.8. The van der Waals surface area contributed by atoms with E-state index in [9.17, 15) is 4.79 Å². The van der Waals surface area contributed by atoms with E-state index in [4.69, 9.17) is 4.74 Å². The molecule has 4 atom stereocenters. The predicted molar refractivity (Wildman–Crippen MR) is 62.7 cm³/mol. The van der Waals surface area contributed by atoms with Crippen LogP contribution in [0.4, 0.5) is 0 Å². The molecule has 16 heavy (non-hydrogen) atoms. The number of fused-ring (bicyclic) bond motifs is 2. The number of nitrogens with one attached hydrogen (secondary N) is 2. The quantitative estimate of drug-likeness (QED) is 0.750. The fourth-order valence-corrected chi connectivity index (χ4v) is 2.98. The fourth-order valence-electron chi connectivity index (χ4n) is 2.98. The smallest absolute Gasteiger partial charge is 0.237 e. The largest absolute Gasteiger partial charge is 0.373 e. The number of hydrogen-bond acceptors (Lipinski definition) is 3. The Morgan fingerprint density at radius 2 is 2.19 bits per heavy atom. The Labute approximate surface area is 102 Å². The minimum absolute atomic E-state index is 0. The highest BCUT2D eigenvalue weighted by atomic mass is 35.5. The van der Waals surface area contributed by atoms with Gasteiger partial charge in [0.2, 0.25) is 5.91 Å². The zero-order chi connectivity index (χ0) is 10.3. The third-order valence-electron chi connectivity index (χ3n) is 3.81. The molecule has 0 aromatic heterocycles. The first kappa shape index (κ1) is 12.1. The van der Waals surface area contributed by atoms with Gasteiger partial charge in [0.05, 0.1) is 24.3 Å². The first-order chi connectivity index (χ1) is 7.33. The molecule has 3 heterocycles. The van der Waals surface area contributed by atoms with Crippen LogP contribution in [0.15, 0.2) is 0 Å². The molecule has 4 nitrogen and oxygen atoms in total. The lowest BCUT2D eigenvalue weighted by atomic mass is 9.95. The molecule has 1 amide bonds. The summed E-state index contributed by atoms with van der Waals surface area (Å²) < 4.78 is 5.71. The summed E-state index contributed by atoms with van der Waals surface area (Å²) in [5, 5.41) is 6.35. The summed E-state index contributed by atoms with van der Waals surface area (Å²) in [5.41, 5.74) is 0. The minimum Gasteiger partial charge on any atom is -0.373 e. The highest BCUT2D eigenvalue weighted by molar-refractivity contribution is 5.85. The van der Waals surface area contributed by atoms with Gasteiger partial charge in [0.25, 0.3) is 0 Å². The molecule has 3 aliphatic heterocycles. The minimum atomic E-state index is 0. The number of carbonyl (C=O) groups is 1. The van der Waals surface area contributed by atoms with Crippen molar-refractivity contribution < 1.29 is 9.53 Å². The van der Waals surface area contributed by atoms with E-state index < -0.39 is 0 Å². The molecule has 0 spiro atoms. The second kappa shape index (κ2) is 4.90. The fraction of sp³-hybridized carbons (Fsp3) is 0.909. The van der Waals surface area contributed by atoms with Gasteiger partial charge in [-0.05, 0) is 38.6 Å². The number of halogens is 1. The number of hydrogen-bond donors (Lipinski definition) is 2. The number of ether oxygens (including phenoxy) is 1. The van der Waals surface area contributed by atoms with Crippen LogP contribution in [0.2, 0.25) is 0 Å². The third-order valence-corrected chi connectivity index (χ3v) is 3.81. The summed E-state index contributed by atoms with van der Waals surface area (Å²) in [6.45, 7) is 0.977. The van der Waals surface area contributed by atoms with Crippen LogP contribution in [-0.4, -0.2) is 36.7 Å². The van der Waals surface area contributed by atoms with Crippen LogP contribution in [0.5, 0.6) is 0 Å². The summed E-state index contributed by atoms with van der Waals surface area (Å²) in [5.74, 6) is 0.175. The molecular weight excluding hydrogens is 228 g/mol. The van der Waals surface area contributed by atoms with Crippen molar-refractivity contribution >= 4 is 18.3 Å². The Kier molecular flexibility index (Phi) is 3.72. The molecule has 3 aliphatic rings. The van der Waals surface area contributed by atoms with Crippen LogP contribution < -0.4 is 10.6 Å². The van der Waals surface area contributed by atoms with Gasteiger partial charge >= 0.3 is 0 Å². The van der Waals surface area contributed by atoms with E-state index >= 15 is 0 Å². The molecule has 0 saturated carbocycles. The second-order valence-corrected chi connectivity index (χ2v) is 4.87. The predicted octanol–water partition coefficient (Wildman–Crippen LogP) is 0.596. The SMILES string of the molecule is Cl.O=C(NC1CC2CCC1O2)C1CCCN1. The summed E-state index contributed by atoms with van der Waals surface area (Å²) in [6.07, 6.45) is 6.12. The van der Waals surface area contributed by atoms with Gasteiger partial charge in [-0.1, -0.05) is 0 Å². The average molecular weight is 247 g/mol. The molecule has 0 radical (unpaired) electrons. The molecule has 3 saturated heterocycles. The Bertz CT molecular complexity index is 269. The summed E-state index contributed by atoms with van der Waals surface area (Å²) in [7, 11) is 0. The van der Waals surface area contributed by atoms with Gasteiger partial charge in [0.15, 0.2) is 0 Å². The van der Waals surface area contributed by atoms with Crippen molar-refractivity contribution in [2.24, 2.45) is 0 Å². The number of rotatable bonds is 2. The van der Waals surface area contributed by atoms with Crippen molar-refractivity contribution in [2.45, 2.75) is 56.4 Å².